The van der Waals surface area contributed by atoms with Crippen LogP contribution in [-0.4, -0.2) is 4.57 Å². The summed E-state index contributed by atoms with van der Waals surface area (Å²) in [6.07, 6.45) is 4.45. The second kappa shape index (κ2) is 3.57. The Labute approximate surface area is 81.8 Å². The van der Waals surface area contributed by atoms with E-state index in [1.54, 1.807) is 0 Å². The van der Waals surface area contributed by atoms with Crippen molar-refractivity contribution < 1.29 is 0 Å². The van der Waals surface area contributed by atoms with Crippen LogP contribution in [0.1, 0.15) is 40.2 Å². The van der Waals surface area contributed by atoms with Gasteiger partial charge in [0, 0.05) is 18.9 Å². The predicted molar refractivity (Wildman–Crippen MR) is 58.0 cm³/mol. The van der Waals surface area contributed by atoms with Gasteiger partial charge in [0.25, 0.3) is 0 Å². The largest absolute Gasteiger partial charge is 0.354 e. The molecule has 1 nitrogen and oxygen atoms in total. The van der Waals surface area contributed by atoms with Gasteiger partial charge in [0.15, 0.2) is 0 Å². The van der Waals surface area contributed by atoms with Crippen LogP contribution in [0.4, 0.5) is 0 Å². The minimum absolute atomic E-state index is 0.280. The van der Waals surface area contributed by atoms with Crippen molar-refractivity contribution in [1.82, 2.24) is 4.57 Å². The van der Waals surface area contributed by atoms with Crippen molar-refractivity contribution in [2.45, 2.75) is 46.6 Å². The van der Waals surface area contributed by atoms with E-state index in [1.165, 1.54) is 5.56 Å². The average Bonchev–Trinajstić information content (AvgIpc) is 2.32. The first-order valence-electron chi connectivity index (χ1n) is 5.06. The smallest absolute Gasteiger partial charge is 0.0242 e. The van der Waals surface area contributed by atoms with Crippen LogP contribution < -0.4 is 0 Å². The van der Waals surface area contributed by atoms with Crippen molar-refractivity contribution >= 4 is 0 Å². The Morgan fingerprint density at radius 3 is 2.31 bits per heavy atom. The summed E-state index contributed by atoms with van der Waals surface area (Å²) in [5, 5.41) is 0. The van der Waals surface area contributed by atoms with E-state index in [1.807, 2.05) is 0 Å². The molecular weight excluding hydrogens is 158 g/mol. The maximum atomic E-state index is 2.28. The van der Waals surface area contributed by atoms with E-state index < -0.39 is 0 Å². The molecule has 1 heterocycles. The lowest BCUT2D eigenvalue weighted by atomic mass is 9.89. The Morgan fingerprint density at radius 2 is 1.92 bits per heavy atom. The highest BCUT2D eigenvalue weighted by molar-refractivity contribution is 5.19. The highest BCUT2D eigenvalue weighted by atomic mass is 14.9. The normalized spacial score (nSPS) is 12.5. The van der Waals surface area contributed by atoms with Crippen molar-refractivity contribution in [3.8, 4) is 0 Å². The van der Waals surface area contributed by atoms with E-state index in [2.05, 4.69) is 57.6 Å². The molecule has 0 aliphatic carbocycles. The lowest BCUT2D eigenvalue weighted by Gasteiger charge is -2.16. The molecule has 0 unspecified atom stereocenters. The number of nitrogens with zero attached hydrogens (tertiary/aromatic N) is 1. The first-order chi connectivity index (χ1) is 5.89. The number of rotatable bonds is 2. The van der Waals surface area contributed by atoms with E-state index in [4.69, 9.17) is 0 Å². The zero-order valence-electron chi connectivity index (χ0n) is 9.46. The molecule has 74 valence electrons. The van der Waals surface area contributed by atoms with Gasteiger partial charge in [-0.3, -0.25) is 0 Å². The minimum Gasteiger partial charge on any atom is -0.354 e. The SMILES string of the molecule is CC(C)Cn1ccc(C(C)(C)C)c1. The van der Waals surface area contributed by atoms with Crippen LogP contribution >= 0.6 is 0 Å². The highest BCUT2D eigenvalue weighted by Crippen LogP contribution is 2.22. The first-order valence-corrected chi connectivity index (χ1v) is 5.06. The van der Waals surface area contributed by atoms with Crippen LogP contribution in [0.3, 0.4) is 0 Å². The molecule has 0 fully saturated rings. The Morgan fingerprint density at radius 1 is 1.31 bits per heavy atom. The van der Waals surface area contributed by atoms with Gasteiger partial charge >= 0.3 is 0 Å². The van der Waals surface area contributed by atoms with Crippen molar-refractivity contribution in [2.24, 2.45) is 5.92 Å². The van der Waals surface area contributed by atoms with Crippen LogP contribution in [0, 0.1) is 5.92 Å². The molecular formula is C12H21N. The summed E-state index contributed by atoms with van der Waals surface area (Å²) in [5.74, 6) is 0.722. The number of hydrogen-bond acceptors (Lipinski definition) is 0. The fourth-order valence-electron chi connectivity index (χ4n) is 1.42. The Hall–Kier alpha value is -0.720. The van der Waals surface area contributed by atoms with Crippen molar-refractivity contribution in [3.05, 3.63) is 24.0 Å². The zero-order chi connectivity index (χ0) is 10.1. The Balaban J connectivity index is 2.75. The first kappa shape index (κ1) is 10.4. The molecule has 0 saturated carbocycles. The molecule has 0 N–H and O–H groups in total. The van der Waals surface area contributed by atoms with Crippen molar-refractivity contribution in [1.29, 1.82) is 0 Å². The molecule has 0 atom stereocenters. The predicted octanol–water partition coefficient (Wildman–Crippen LogP) is 3.44. The molecule has 1 heteroatoms. The quantitative estimate of drug-likeness (QED) is 0.655. The molecule has 0 amide bonds. The fourth-order valence-corrected chi connectivity index (χ4v) is 1.42. The summed E-state index contributed by atoms with van der Waals surface area (Å²) in [6.45, 7) is 12.4. The lowest BCUT2D eigenvalue weighted by molar-refractivity contribution is 0.519. The molecule has 0 radical (unpaired) electrons. The second-order valence-electron chi connectivity index (χ2n) is 5.24. The van der Waals surface area contributed by atoms with E-state index in [9.17, 15) is 0 Å². The highest BCUT2D eigenvalue weighted by Gasteiger charge is 2.14. The van der Waals surface area contributed by atoms with E-state index in [-0.39, 0.29) is 5.41 Å². The molecule has 0 aliphatic heterocycles. The molecule has 0 aromatic carbocycles. The van der Waals surface area contributed by atoms with E-state index in [0.29, 0.717) is 0 Å². The van der Waals surface area contributed by atoms with Gasteiger partial charge in [-0.05, 0) is 23.0 Å². The van der Waals surface area contributed by atoms with Crippen LogP contribution in [0.2, 0.25) is 0 Å². The topological polar surface area (TPSA) is 4.93 Å². The van der Waals surface area contributed by atoms with Crippen LogP contribution in [0.25, 0.3) is 0 Å². The third-order valence-corrected chi connectivity index (χ3v) is 2.19. The van der Waals surface area contributed by atoms with Crippen molar-refractivity contribution in [2.75, 3.05) is 0 Å². The van der Waals surface area contributed by atoms with Crippen LogP contribution in [-0.2, 0) is 12.0 Å². The van der Waals surface area contributed by atoms with Crippen LogP contribution in [0.5, 0.6) is 0 Å². The fraction of sp³-hybridized carbons (Fsp3) is 0.667. The molecule has 1 aromatic heterocycles. The summed E-state index contributed by atoms with van der Waals surface area (Å²) in [6, 6.07) is 2.22. The van der Waals surface area contributed by atoms with Gasteiger partial charge in [-0.25, -0.2) is 0 Å². The van der Waals surface area contributed by atoms with Crippen LogP contribution in [0.15, 0.2) is 18.5 Å². The summed E-state index contributed by atoms with van der Waals surface area (Å²) in [7, 11) is 0. The maximum Gasteiger partial charge on any atom is 0.0242 e. The second-order valence-corrected chi connectivity index (χ2v) is 5.24. The Bertz CT molecular complexity index is 263. The summed E-state index contributed by atoms with van der Waals surface area (Å²) in [4.78, 5) is 0. The lowest BCUT2D eigenvalue weighted by Crippen LogP contribution is -2.10. The van der Waals surface area contributed by atoms with Gasteiger partial charge in [0.05, 0.1) is 0 Å². The van der Waals surface area contributed by atoms with Gasteiger partial charge in [-0.1, -0.05) is 34.6 Å². The Kier molecular flexibility index (Phi) is 2.84. The molecule has 0 aliphatic rings. The maximum absolute atomic E-state index is 2.28. The summed E-state index contributed by atoms with van der Waals surface area (Å²) >= 11 is 0. The molecule has 1 rings (SSSR count). The van der Waals surface area contributed by atoms with E-state index in [0.717, 1.165) is 12.5 Å². The van der Waals surface area contributed by atoms with E-state index >= 15 is 0 Å². The van der Waals surface area contributed by atoms with Crippen molar-refractivity contribution in [3.63, 3.8) is 0 Å². The standard InChI is InChI=1S/C12H21N/c1-10(2)8-13-7-6-11(9-13)12(3,4)5/h6-7,9-10H,8H2,1-5H3. The zero-order valence-corrected chi connectivity index (χ0v) is 9.46. The van der Waals surface area contributed by atoms with Gasteiger partial charge in [0.2, 0.25) is 0 Å². The monoisotopic (exact) mass is 179 g/mol. The van der Waals surface area contributed by atoms with Gasteiger partial charge in [-0.2, -0.15) is 0 Å². The number of aromatic nitrogens is 1. The summed E-state index contributed by atoms with van der Waals surface area (Å²) in [5.41, 5.74) is 1.70. The summed E-state index contributed by atoms with van der Waals surface area (Å²) < 4.78 is 2.28. The molecule has 1 aromatic rings. The van der Waals surface area contributed by atoms with Gasteiger partial charge < -0.3 is 4.57 Å². The van der Waals surface area contributed by atoms with Gasteiger partial charge in [-0.15, -0.1) is 0 Å². The molecule has 0 spiro atoms. The molecule has 0 bridgehead atoms. The average molecular weight is 179 g/mol. The molecule has 0 saturated heterocycles. The third-order valence-electron chi connectivity index (χ3n) is 2.19. The minimum atomic E-state index is 0.280. The van der Waals surface area contributed by atoms with Gasteiger partial charge in [0.1, 0.15) is 0 Å². The molecule has 13 heavy (non-hydrogen) atoms. The number of hydrogen-bond donors (Lipinski definition) is 0. The third kappa shape index (κ3) is 2.91.